The molecule has 2 aromatic rings. The van der Waals surface area contributed by atoms with Crippen LogP contribution < -0.4 is 5.56 Å². The topological polar surface area (TPSA) is 74.8 Å². The minimum atomic E-state index is 0.0505. The lowest BCUT2D eigenvalue weighted by molar-refractivity contribution is 0.240. The summed E-state index contributed by atoms with van der Waals surface area (Å²) in [4.78, 5) is 30.9. The molecule has 6 nitrogen and oxygen atoms in total. The van der Waals surface area contributed by atoms with Crippen molar-refractivity contribution in [3.05, 3.63) is 51.7 Å². The van der Waals surface area contributed by atoms with E-state index < -0.39 is 0 Å². The zero-order valence-corrected chi connectivity index (χ0v) is 13.9. The highest BCUT2D eigenvalue weighted by atomic mass is 16.1. The van der Waals surface area contributed by atoms with Gasteiger partial charge in [0.25, 0.3) is 5.56 Å². The van der Waals surface area contributed by atoms with Gasteiger partial charge in [-0.15, -0.1) is 0 Å². The first-order valence-corrected chi connectivity index (χ1v) is 8.88. The van der Waals surface area contributed by atoms with Gasteiger partial charge in [0.05, 0.1) is 11.3 Å². The van der Waals surface area contributed by atoms with Crippen LogP contribution in [0.4, 0.5) is 0 Å². The molecule has 1 aliphatic heterocycles. The van der Waals surface area contributed by atoms with Gasteiger partial charge in [-0.05, 0) is 12.8 Å². The molecule has 1 saturated carbocycles. The van der Waals surface area contributed by atoms with Crippen molar-refractivity contribution in [3.63, 3.8) is 0 Å². The Bertz CT molecular complexity index is 752. The molecule has 0 spiro atoms. The highest BCUT2D eigenvalue weighted by molar-refractivity contribution is 5.22. The zero-order chi connectivity index (χ0) is 16.4. The van der Waals surface area contributed by atoms with Gasteiger partial charge in [0.1, 0.15) is 12.2 Å². The number of aromatic amines is 1. The van der Waals surface area contributed by atoms with Crippen LogP contribution in [-0.4, -0.2) is 31.4 Å². The molecule has 1 N–H and O–H groups in total. The van der Waals surface area contributed by atoms with Crippen molar-refractivity contribution in [1.29, 1.82) is 0 Å². The van der Waals surface area contributed by atoms with Crippen LogP contribution in [0.2, 0.25) is 0 Å². The number of fused-ring (bicyclic) bond motifs is 1. The molecule has 2 aromatic heterocycles. The molecule has 6 heteroatoms. The average Bonchev–Trinajstić information content (AvgIpc) is 2.64. The molecule has 126 valence electrons. The molecule has 0 aromatic carbocycles. The third-order valence-corrected chi connectivity index (χ3v) is 5.18. The molecule has 3 heterocycles. The van der Waals surface area contributed by atoms with Crippen LogP contribution in [0.15, 0.2) is 23.5 Å². The summed E-state index contributed by atoms with van der Waals surface area (Å²) >= 11 is 0. The number of nitrogens with one attached hydrogen (secondary N) is 1. The van der Waals surface area contributed by atoms with E-state index in [9.17, 15) is 4.79 Å². The molecular formula is C18H23N5O. The Morgan fingerprint density at radius 1 is 1.17 bits per heavy atom. The molecule has 4 rings (SSSR count). The SMILES string of the molecule is O=c1[nH]c(C2CCCCC2)nc2c1CN(Cc1cncnc1)CC2. The number of hydrogen-bond acceptors (Lipinski definition) is 5. The molecular weight excluding hydrogens is 302 g/mol. The molecule has 24 heavy (non-hydrogen) atoms. The minimum absolute atomic E-state index is 0.0505. The van der Waals surface area contributed by atoms with E-state index in [4.69, 9.17) is 4.98 Å². The summed E-state index contributed by atoms with van der Waals surface area (Å²) in [6, 6.07) is 0. The molecule has 0 amide bonds. The highest BCUT2D eigenvalue weighted by Crippen LogP contribution is 2.30. The fraction of sp³-hybridized carbons (Fsp3) is 0.556. The van der Waals surface area contributed by atoms with Gasteiger partial charge in [0.2, 0.25) is 0 Å². The van der Waals surface area contributed by atoms with E-state index in [0.717, 1.165) is 55.0 Å². The summed E-state index contributed by atoms with van der Waals surface area (Å²) in [6.45, 7) is 2.34. The van der Waals surface area contributed by atoms with Crippen LogP contribution in [0.5, 0.6) is 0 Å². The van der Waals surface area contributed by atoms with E-state index in [-0.39, 0.29) is 5.56 Å². The monoisotopic (exact) mass is 325 g/mol. The number of aromatic nitrogens is 4. The average molecular weight is 325 g/mol. The summed E-state index contributed by atoms with van der Waals surface area (Å²) in [5.41, 5.74) is 2.95. The lowest BCUT2D eigenvalue weighted by Crippen LogP contribution is -2.36. The van der Waals surface area contributed by atoms with E-state index in [1.807, 2.05) is 12.4 Å². The first-order chi connectivity index (χ1) is 11.8. The summed E-state index contributed by atoms with van der Waals surface area (Å²) in [7, 11) is 0. The van der Waals surface area contributed by atoms with Gasteiger partial charge in [0.15, 0.2) is 0 Å². The van der Waals surface area contributed by atoms with Gasteiger partial charge < -0.3 is 4.98 Å². The first kappa shape index (κ1) is 15.4. The van der Waals surface area contributed by atoms with Crippen molar-refractivity contribution in [2.24, 2.45) is 0 Å². The minimum Gasteiger partial charge on any atom is -0.310 e. The molecule has 2 aliphatic rings. The van der Waals surface area contributed by atoms with E-state index >= 15 is 0 Å². The van der Waals surface area contributed by atoms with Crippen LogP contribution in [0.25, 0.3) is 0 Å². The zero-order valence-electron chi connectivity index (χ0n) is 13.9. The molecule has 0 atom stereocenters. The van der Waals surface area contributed by atoms with Gasteiger partial charge in [-0.3, -0.25) is 9.69 Å². The van der Waals surface area contributed by atoms with E-state index in [0.29, 0.717) is 12.5 Å². The van der Waals surface area contributed by atoms with Crippen LogP contribution in [0, 0.1) is 0 Å². The number of rotatable bonds is 3. The van der Waals surface area contributed by atoms with Gasteiger partial charge >= 0.3 is 0 Å². The summed E-state index contributed by atoms with van der Waals surface area (Å²) in [6.07, 6.45) is 12.2. The standard InChI is InChI=1S/C18H23N5O/c24-18-15-11-23(10-13-8-19-12-20-9-13)7-6-16(15)21-17(22-18)14-4-2-1-3-5-14/h8-9,12,14H,1-7,10-11H2,(H,21,22,24). The maximum absolute atomic E-state index is 12.6. The second-order valence-corrected chi connectivity index (χ2v) is 6.92. The van der Waals surface area contributed by atoms with Crippen molar-refractivity contribution in [1.82, 2.24) is 24.8 Å². The Morgan fingerprint density at radius 2 is 1.96 bits per heavy atom. The van der Waals surface area contributed by atoms with Crippen LogP contribution >= 0.6 is 0 Å². The van der Waals surface area contributed by atoms with Crippen molar-refractivity contribution < 1.29 is 0 Å². The molecule has 0 unspecified atom stereocenters. The van der Waals surface area contributed by atoms with Crippen molar-refractivity contribution >= 4 is 0 Å². The fourth-order valence-corrected chi connectivity index (χ4v) is 3.87. The maximum atomic E-state index is 12.6. The fourth-order valence-electron chi connectivity index (χ4n) is 3.87. The molecule has 0 bridgehead atoms. The predicted molar refractivity (Wildman–Crippen MR) is 90.5 cm³/mol. The lowest BCUT2D eigenvalue weighted by atomic mass is 9.88. The van der Waals surface area contributed by atoms with Crippen LogP contribution in [0.3, 0.4) is 0 Å². The normalized spacial score (nSPS) is 19.2. The number of nitrogens with zero attached hydrogens (tertiary/aromatic N) is 4. The molecule has 0 radical (unpaired) electrons. The number of hydrogen-bond donors (Lipinski definition) is 1. The Labute approximate surface area is 141 Å². The van der Waals surface area contributed by atoms with Crippen LogP contribution in [0.1, 0.15) is 60.7 Å². The molecule has 0 saturated heterocycles. The quantitative estimate of drug-likeness (QED) is 0.936. The second kappa shape index (κ2) is 6.81. The van der Waals surface area contributed by atoms with Gasteiger partial charge in [-0.1, -0.05) is 19.3 Å². The maximum Gasteiger partial charge on any atom is 0.255 e. The van der Waals surface area contributed by atoms with Gasteiger partial charge in [-0.2, -0.15) is 0 Å². The van der Waals surface area contributed by atoms with Crippen LogP contribution in [-0.2, 0) is 19.5 Å². The summed E-state index contributed by atoms with van der Waals surface area (Å²) in [5, 5.41) is 0. The highest BCUT2D eigenvalue weighted by Gasteiger charge is 2.24. The Balaban J connectivity index is 1.53. The second-order valence-electron chi connectivity index (χ2n) is 6.92. The first-order valence-electron chi connectivity index (χ1n) is 8.88. The van der Waals surface area contributed by atoms with Crippen molar-refractivity contribution in [3.8, 4) is 0 Å². The Kier molecular flexibility index (Phi) is 4.38. The van der Waals surface area contributed by atoms with E-state index in [1.165, 1.54) is 25.6 Å². The number of H-pyrrole nitrogens is 1. The summed E-state index contributed by atoms with van der Waals surface area (Å²) < 4.78 is 0. The van der Waals surface area contributed by atoms with E-state index in [1.54, 1.807) is 0 Å². The Hall–Kier alpha value is -2.08. The Morgan fingerprint density at radius 3 is 2.75 bits per heavy atom. The van der Waals surface area contributed by atoms with Crippen molar-refractivity contribution in [2.45, 2.75) is 57.5 Å². The third kappa shape index (κ3) is 3.24. The molecule has 1 fully saturated rings. The van der Waals surface area contributed by atoms with Gasteiger partial charge in [0, 0.05) is 49.9 Å². The lowest BCUT2D eigenvalue weighted by Gasteiger charge is -2.28. The van der Waals surface area contributed by atoms with Crippen molar-refractivity contribution in [2.75, 3.05) is 6.54 Å². The predicted octanol–water partition coefficient (Wildman–Crippen LogP) is 2.17. The largest absolute Gasteiger partial charge is 0.310 e. The molecule has 1 aliphatic carbocycles. The third-order valence-electron chi connectivity index (χ3n) is 5.18. The summed E-state index contributed by atoms with van der Waals surface area (Å²) in [5.74, 6) is 1.36. The van der Waals surface area contributed by atoms with Gasteiger partial charge in [-0.25, -0.2) is 15.0 Å². The van der Waals surface area contributed by atoms with E-state index in [2.05, 4.69) is 19.9 Å². The smallest absolute Gasteiger partial charge is 0.255 e.